The summed E-state index contributed by atoms with van der Waals surface area (Å²) in [5.74, 6) is -0.0228. The number of halogens is 2. The highest BCUT2D eigenvalue weighted by molar-refractivity contribution is 9.11. The third kappa shape index (κ3) is 4.61. The van der Waals surface area contributed by atoms with E-state index >= 15 is 0 Å². The van der Waals surface area contributed by atoms with Crippen LogP contribution in [0.25, 0.3) is 0 Å². The van der Waals surface area contributed by atoms with Gasteiger partial charge in [-0.2, -0.15) is 0 Å². The number of hydrogen-bond donors (Lipinski definition) is 1. The number of aryl methyl sites for hydroxylation is 1. The summed E-state index contributed by atoms with van der Waals surface area (Å²) in [6, 6.07) is 8.34. The quantitative estimate of drug-likeness (QED) is 0.627. The SMILES string of the molecule is CCOc1c(Br)cc(NC(=O)c2ccc(C(=O)OC)cc2C)cc1Br. The maximum atomic E-state index is 12.5. The minimum absolute atomic E-state index is 0.267. The first-order valence-corrected chi connectivity index (χ1v) is 9.08. The van der Waals surface area contributed by atoms with Gasteiger partial charge in [-0.25, -0.2) is 4.79 Å². The third-order valence-corrected chi connectivity index (χ3v) is 4.62. The molecule has 1 amide bonds. The topological polar surface area (TPSA) is 64.6 Å². The second-order valence-corrected chi connectivity index (χ2v) is 6.89. The van der Waals surface area contributed by atoms with E-state index in [2.05, 4.69) is 41.9 Å². The van der Waals surface area contributed by atoms with Crippen LogP contribution in [-0.4, -0.2) is 25.6 Å². The standard InChI is InChI=1S/C18H17Br2NO4/c1-4-25-16-14(19)8-12(9-15(16)20)21-17(22)13-6-5-11(7-10(13)2)18(23)24-3/h5-9H,4H2,1-3H3,(H,21,22). The summed E-state index contributed by atoms with van der Waals surface area (Å²) in [7, 11) is 1.32. The van der Waals surface area contributed by atoms with E-state index in [0.29, 0.717) is 34.7 Å². The van der Waals surface area contributed by atoms with Crippen molar-refractivity contribution in [1.29, 1.82) is 0 Å². The number of methoxy groups -OCH3 is 1. The Morgan fingerprint density at radius 3 is 2.28 bits per heavy atom. The summed E-state index contributed by atoms with van der Waals surface area (Å²) in [4.78, 5) is 24.1. The van der Waals surface area contributed by atoms with E-state index in [-0.39, 0.29) is 5.91 Å². The lowest BCUT2D eigenvalue weighted by atomic mass is 10.0. The van der Waals surface area contributed by atoms with Gasteiger partial charge in [0.05, 0.1) is 28.2 Å². The molecule has 0 atom stereocenters. The molecular formula is C18H17Br2NO4. The van der Waals surface area contributed by atoms with Crippen molar-refractivity contribution in [1.82, 2.24) is 0 Å². The smallest absolute Gasteiger partial charge is 0.337 e. The largest absolute Gasteiger partial charge is 0.492 e. The summed E-state index contributed by atoms with van der Waals surface area (Å²) < 4.78 is 11.7. The zero-order valence-electron chi connectivity index (χ0n) is 14.0. The second-order valence-electron chi connectivity index (χ2n) is 5.18. The van der Waals surface area contributed by atoms with Gasteiger partial charge in [-0.3, -0.25) is 4.79 Å². The zero-order chi connectivity index (χ0) is 18.6. The van der Waals surface area contributed by atoms with E-state index in [1.54, 1.807) is 37.3 Å². The number of anilines is 1. The Morgan fingerprint density at radius 2 is 1.76 bits per heavy atom. The van der Waals surface area contributed by atoms with Crippen LogP contribution in [-0.2, 0) is 4.74 Å². The lowest BCUT2D eigenvalue weighted by molar-refractivity contribution is 0.0600. The Morgan fingerprint density at radius 1 is 1.12 bits per heavy atom. The Bertz CT molecular complexity index is 798. The number of esters is 1. The summed E-state index contributed by atoms with van der Waals surface area (Å²) in [5.41, 5.74) is 2.19. The number of nitrogens with one attached hydrogen (secondary N) is 1. The van der Waals surface area contributed by atoms with Crippen LogP contribution in [0.15, 0.2) is 39.3 Å². The van der Waals surface area contributed by atoms with Crippen molar-refractivity contribution in [2.45, 2.75) is 13.8 Å². The fraction of sp³-hybridized carbons (Fsp3) is 0.222. The van der Waals surface area contributed by atoms with E-state index in [0.717, 1.165) is 8.95 Å². The highest BCUT2D eigenvalue weighted by Gasteiger charge is 2.15. The van der Waals surface area contributed by atoms with Gasteiger partial charge in [0.1, 0.15) is 5.75 Å². The molecule has 2 rings (SSSR count). The van der Waals surface area contributed by atoms with Gasteiger partial charge in [0.25, 0.3) is 5.91 Å². The summed E-state index contributed by atoms with van der Waals surface area (Å²) >= 11 is 6.87. The average Bonchev–Trinajstić information content (AvgIpc) is 2.57. The number of amides is 1. The predicted molar refractivity (Wildman–Crippen MR) is 103 cm³/mol. The molecule has 0 saturated heterocycles. The van der Waals surface area contributed by atoms with Crippen LogP contribution in [0.4, 0.5) is 5.69 Å². The molecule has 1 N–H and O–H groups in total. The van der Waals surface area contributed by atoms with Crippen LogP contribution in [0.3, 0.4) is 0 Å². The van der Waals surface area contributed by atoms with Gasteiger partial charge in [-0.05, 0) is 81.6 Å². The molecular weight excluding hydrogens is 454 g/mol. The lowest BCUT2D eigenvalue weighted by Crippen LogP contribution is -2.14. The van der Waals surface area contributed by atoms with Crippen LogP contribution in [0.5, 0.6) is 5.75 Å². The van der Waals surface area contributed by atoms with Crippen molar-refractivity contribution < 1.29 is 19.1 Å². The number of hydrogen-bond acceptors (Lipinski definition) is 4. The summed E-state index contributed by atoms with van der Waals surface area (Å²) in [5, 5.41) is 2.84. The molecule has 2 aromatic rings. The van der Waals surface area contributed by atoms with Crippen molar-refractivity contribution in [2.24, 2.45) is 0 Å². The van der Waals surface area contributed by atoms with Crippen LogP contribution in [0.1, 0.15) is 33.2 Å². The first kappa shape index (κ1) is 19.5. The van der Waals surface area contributed by atoms with Gasteiger partial charge in [0, 0.05) is 11.3 Å². The molecule has 0 spiro atoms. The minimum Gasteiger partial charge on any atom is -0.492 e. The molecule has 0 aliphatic rings. The van der Waals surface area contributed by atoms with E-state index in [9.17, 15) is 9.59 Å². The Kier molecular flexibility index (Phi) is 6.61. The molecule has 0 aromatic heterocycles. The maximum absolute atomic E-state index is 12.5. The van der Waals surface area contributed by atoms with Crippen LogP contribution >= 0.6 is 31.9 Å². The molecule has 0 saturated carbocycles. The first-order chi connectivity index (χ1) is 11.9. The van der Waals surface area contributed by atoms with Crippen molar-refractivity contribution in [3.63, 3.8) is 0 Å². The molecule has 0 fully saturated rings. The first-order valence-electron chi connectivity index (χ1n) is 7.49. The normalized spacial score (nSPS) is 10.3. The lowest BCUT2D eigenvalue weighted by Gasteiger charge is -2.13. The number of carbonyl (C=O) groups is 2. The van der Waals surface area contributed by atoms with Crippen LogP contribution in [0.2, 0.25) is 0 Å². The van der Waals surface area contributed by atoms with E-state index < -0.39 is 5.97 Å². The second kappa shape index (κ2) is 8.49. The molecule has 0 unspecified atom stereocenters. The fourth-order valence-corrected chi connectivity index (χ4v) is 3.69. The molecule has 25 heavy (non-hydrogen) atoms. The van der Waals surface area contributed by atoms with Gasteiger partial charge in [0.15, 0.2) is 0 Å². The van der Waals surface area contributed by atoms with Crippen LogP contribution in [0, 0.1) is 6.92 Å². The fourth-order valence-electron chi connectivity index (χ4n) is 2.28. The van der Waals surface area contributed by atoms with Crippen LogP contribution < -0.4 is 10.1 Å². The van der Waals surface area contributed by atoms with Crippen molar-refractivity contribution in [3.05, 3.63) is 56.0 Å². The minimum atomic E-state index is -0.436. The van der Waals surface area contributed by atoms with E-state index in [1.807, 2.05) is 6.92 Å². The van der Waals surface area contributed by atoms with E-state index in [1.165, 1.54) is 7.11 Å². The van der Waals surface area contributed by atoms with Crippen molar-refractivity contribution in [2.75, 3.05) is 19.0 Å². The summed E-state index contributed by atoms with van der Waals surface area (Å²) in [6.45, 7) is 4.20. The van der Waals surface area contributed by atoms with Gasteiger partial charge >= 0.3 is 5.97 Å². The molecule has 0 heterocycles. The molecule has 0 aliphatic heterocycles. The monoisotopic (exact) mass is 469 g/mol. The van der Waals surface area contributed by atoms with Crippen molar-refractivity contribution in [3.8, 4) is 5.75 Å². The molecule has 7 heteroatoms. The number of rotatable bonds is 5. The molecule has 5 nitrogen and oxygen atoms in total. The number of ether oxygens (including phenoxy) is 2. The maximum Gasteiger partial charge on any atom is 0.337 e. The highest BCUT2D eigenvalue weighted by atomic mass is 79.9. The highest BCUT2D eigenvalue weighted by Crippen LogP contribution is 2.36. The Hall–Kier alpha value is -1.86. The number of benzene rings is 2. The van der Waals surface area contributed by atoms with Gasteiger partial charge < -0.3 is 14.8 Å². The van der Waals surface area contributed by atoms with Crippen molar-refractivity contribution >= 4 is 49.4 Å². The molecule has 0 aliphatic carbocycles. The van der Waals surface area contributed by atoms with Gasteiger partial charge in [0.2, 0.25) is 0 Å². The molecule has 0 radical (unpaired) electrons. The van der Waals surface area contributed by atoms with Gasteiger partial charge in [-0.1, -0.05) is 0 Å². The zero-order valence-corrected chi connectivity index (χ0v) is 17.2. The molecule has 2 aromatic carbocycles. The average molecular weight is 471 g/mol. The Balaban J connectivity index is 2.24. The van der Waals surface area contributed by atoms with Gasteiger partial charge in [-0.15, -0.1) is 0 Å². The number of carbonyl (C=O) groups excluding carboxylic acids is 2. The third-order valence-electron chi connectivity index (χ3n) is 3.44. The molecule has 0 bridgehead atoms. The predicted octanol–water partition coefficient (Wildman–Crippen LogP) is 4.96. The Labute approximate surface area is 163 Å². The molecule has 132 valence electrons. The summed E-state index contributed by atoms with van der Waals surface area (Å²) in [6.07, 6.45) is 0. The van der Waals surface area contributed by atoms with E-state index in [4.69, 9.17) is 4.74 Å².